The lowest BCUT2D eigenvalue weighted by molar-refractivity contribution is -0.120. The van der Waals surface area contributed by atoms with Crippen molar-refractivity contribution >= 4 is 21.8 Å². The largest absolute Gasteiger partial charge is 0.355 e. The van der Waals surface area contributed by atoms with Crippen molar-refractivity contribution in [3.8, 4) is 0 Å². The van der Waals surface area contributed by atoms with Gasteiger partial charge in [-0.1, -0.05) is 53.7 Å². The number of carbonyl (C=O) groups is 1. The Hall–Kier alpha value is -0.870. The molecule has 1 aromatic rings. The molecule has 0 heterocycles. The fourth-order valence-corrected chi connectivity index (χ4v) is 3.30. The Morgan fingerprint density at radius 3 is 2.62 bits per heavy atom. The molecule has 21 heavy (non-hydrogen) atoms. The minimum Gasteiger partial charge on any atom is -0.355 e. The van der Waals surface area contributed by atoms with Crippen LogP contribution in [-0.4, -0.2) is 25.0 Å². The maximum Gasteiger partial charge on any atom is 0.224 e. The lowest BCUT2D eigenvalue weighted by Crippen LogP contribution is -2.37. The molecule has 2 rings (SSSR count). The Morgan fingerprint density at radius 2 is 1.90 bits per heavy atom. The molecule has 4 heteroatoms. The highest BCUT2D eigenvalue weighted by atomic mass is 79.9. The second-order valence-electron chi connectivity index (χ2n) is 5.80. The average Bonchev–Trinajstić information content (AvgIpc) is 2.72. The average molecular weight is 353 g/mol. The fourth-order valence-electron chi connectivity index (χ4n) is 2.86. The number of nitrogens with one attached hydrogen (secondary N) is 2. The molecule has 0 saturated heterocycles. The number of hydrogen-bond donors (Lipinski definition) is 2. The molecule has 1 amide bonds. The maximum atomic E-state index is 11.9. The third-order valence-electron chi connectivity index (χ3n) is 3.99. The van der Waals surface area contributed by atoms with Crippen LogP contribution in [-0.2, 0) is 11.2 Å². The van der Waals surface area contributed by atoms with E-state index in [-0.39, 0.29) is 5.91 Å². The van der Waals surface area contributed by atoms with Gasteiger partial charge in [0.25, 0.3) is 0 Å². The minimum atomic E-state index is 0.0933. The van der Waals surface area contributed by atoms with Gasteiger partial charge < -0.3 is 10.6 Å². The molecule has 1 aliphatic carbocycles. The molecule has 0 unspecified atom stereocenters. The molecule has 1 fully saturated rings. The van der Waals surface area contributed by atoms with E-state index in [1.54, 1.807) is 0 Å². The maximum absolute atomic E-state index is 11.9. The summed E-state index contributed by atoms with van der Waals surface area (Å²) in [7, 11) is 0. The number of benzene rings is 1. The Kier molecular flexibility index (Phi) is 7.24. The van der Waals surface area contributed by atoms with Crippen LogP contribution < -0.4 is 10.6 Å². The van der Waals surface area contributed by atoms with E-state index in [2.05, 4.69) is 26.6 Å². The van der Waals surface area contributed by atoms with Gasteiger partial charge in [-0.25, -0.2) is 0 Å². The van der Waals surface area contributed by atoms with Crippen LogP contribution in [0, 0.1) is 0 Å². The van der Waals surface area contributed by atoms with Crippen LogP contribution in [0.4, 0.5) is 0 Å². The van der Waals surface area contributed by atoms with Crippen LogP contribution in [0.1, 0.15) is 44.1 Å². The van der Waals surface area contributed by atoms with Gasteiger partial charge in [0.05, 0.1) is 6.42 Å². The zero-order valence-electron chi connectivity index (χ0n) is 12.5. The predicted octanol–water partition coefficient (Wildman–Crippen LogP) is 3.42. The second kappa shape index (κ2) is 9.21. The van der Waals surface area contributed by atoms with Crippen molar-refractivity contribution in [1.29, 1.82) is 0 Å². The first-order valence-corrected chi connectivity index (χ1v) is 8.78. The Bertz CT molecular complexity index is 442. The van der Waals surface area contributed by atoms with Crippen LogP contribution in [0.3, 0.4) is 0 Å². The summed E-state index contributed by atoms with van der Waals surface area (Å²) >= 11 is 3.42. The number of halogens is 1. The van der Waals surface area contributed by atoms with Gasteiger partial charge in [0, 0.05) is 23.6 Å². The summed E-state index contributed by atoms with van der Waals surface area (Å²) in [6.45, 7) is 1.58. The molecule has 0 aliphatic heterocycles. The molecule has 1 saturated carbocycles. The molecule has 0 spiro atoms. The molecule has 0 bridgehead atoms. The van der Waals surface area contributed by atoms with Crippen molar-refractivity contribution in [1.82, 2.24) is 10.6 Å². The topological polar surface area (TPSA) is 41.1 Å². The molecule has 116 valence electrons. The van der Waals surface area contributed by atoms with Gasteiger partial charge in [-0.05, 0) is 30.5 Å². The van der Waals surface area contributed by atoms with Crippen LogP contribution in [0.15, 0.2) is 28.7 Å². The van der Waals surface area contributed by atoms with Crippen LogP contribution in [0.25, 0.3) is 0 Å². The molecule has 0 atom stereocenters. The first-order chi connectivity index (χ1) is 10.2. The van der Waals surface area contributed by atoms with Gasteiger partial charge in [-0.3, -0.25) is 4.79 Å². The molecule has 0 aromatic heterocycles. The molecule has 3 nitrogen and oxygen atoms in total. The third-order valence-corrected chi connectivity index (χ3v) is 4.48. The SMILES string of the molecule is O=C(Cc1cccc(Br)c1)NCCNC1CCCCCC1. The van der Waals surface area contributed by atoms with Crippen molar-refractivity contribution in [2.45, 2.75) is 51.0 Å². The first kappa shape index (κ1) is 16.5. The summed E-state index contributed by atoms with van der Waals surface area (Å²) in [4.78, 5) is 11.9. The van der Waals surface area contributed by atoms with E-state index in [1.807, 2.05) is 24.3 Å². The first-order valence-electron chi connectivity index (χ1n) is 7.98. The normalized spacial score (nSPS) is 16.4. The number of carbonyl (C=O) groups excluding carboxylic acids is 1. The number of rotatable bonds is 6. The summed E-state index contributed by atoms with van der Waals surface area (Å²) < 4.78 is 1.02. The monoisotopic (exact) mass is 352 g/mol. The zero-order chi connectivity index (χ0) is 14.9. The van der Waals surface area contributed by atoms with Crippen molar-refractivity contribution in [3.05, 3.63) is 34.3 Å². The van der Waals surface area contributed by atoms with E-state index in [9.17, 15) is 4.79 Å². The molecular weight excluding hydrogens is 328 g/mol. The van der Waals surface area contributed by atoms with E-state index in [1.165, 1.54) is 38.5 Å². The zero-order valence-corrected chi connectivity index (χ0v) is 14.1. The van der Waals surface area contributed by atoms with Crippen LogP contribution >= 0.6 is 15.9 Å². The fraction of sp³-hybridized carbons (Fsp3) is 0.588. The minimum absolute atomic E-state index is 0.0933. The van der Waals surface area contributed by atoms with E-state index in [0.29, 0.717) is 19.0 Å². The highest BCUT2D eigenvalue weighted by Crippen LogP contribution is 2.16. The highest BCUT2D eigenvalue weighted by molar-refractivity contribution is 9.10. The van der Waals surface area contributed by atoms with Crippen molar-refractivity contribution < 1.29 is 4.79 Å². The van der Waals surface area contributed by atoms with Crippen molar-refractivity contribution in [2.24, 2.45) is 0 Å². The molecule has 1 aliphatic rings. The lowest BCUT2D eigenvalue weighted by atomic mass is 10.1. The van der Waals surface area contributed by atoms with Gasteiger partial charge in [0.1, 0.15) is 0 Å². The van der Waals surface area contributed by atoms with E-state index in [0.717, 1.165) is 16.6 Å². The highest BCUT2D eigenvalue weighted by Gasteiger charge is 2.11. The lowest BCUT2D eigenvalue weighted by Gasteiger charge is -2.16. The molecule has 1 aromatic carbocycles. The summed E-state index contributed by atoms with van der Waals surface area (Å²) in [5.74, 6) is 0.0933. The number of hydrogen-bond acceptors (Lipinski definition) is 2. The molecule has 2 N–H and O–H groups in total. The second-order valence-corrected chi connectivity index (χ2v) is 6.71. The van der Waals surface area contributed by atoms with Crippen LogP contribution in [0.2, 0.25) is 0 Å². The Balaban J connectivity index is 1.60. The standard InChI is InChI=1S/C17H25BrN2O/c18-15-7-5-6-14(12-15)13-17(21)20-11-10-19-16-8-3-1-2-4-9-16/h5-7,12,16,19H,1-4,8-11,13H2,(H,20,21). The molecule has 0 radical (unpaired) electrons. The Labute approximate surface area is 136 Å². The van der Waals surface area contributed by atoms with Gasteiger partial charge >= 0.3 is 0 Å². The summed E-state index contributed by atoms with van der Waals surface area (Å²) in [6.07, 6.45) is 8.45. The van der Waals surface area contributed by atoms with Crippen molar-refractivity contribution in [2.75, 3.05) is 13.1 Å². The van der Waals surface area contributed by atoms with Crippen LogP contribution in [0.5, 0.6) is 0 Å². The quantitative estimate of drug-likeness (QED) is 0.608. The van der Waals surface area contributed by atoms with E-state index < -0.39 is 0 Å². The van der Waals surface area contributed by atoms with Gasteiger partial charge in [0.2, 0.25) is 5.91 Å². The number of amides is 1. The molecular formula is C17H25BrN2O. The Morgan fingerprint density at radius 1 is 1.14 bits per heavy atom. The van der Waals surface area contributed by atoms with Gasteiger partial charge in [0.15, 0.2) is 0 Å². The third kappa shape index (κ3) is 6.62. The summed E-state index contributed by atoms with van der Waals surface area (Å²) in [5.41, 5.74) is 1.04. The van der Waals surface area contributed by atoms with E-state index in [4.69, 9.17) is 0 Å². The van der Waals surface area contributed by atoms with E-state index >= 15 is 0 Å². The predicted molar refractivity (Wildman–Crippen MR) is 90.3 cm³/mol. The van der Waals surface area contributed by atoms with Gasteiger partial charge in [-0.2, -0.15) is 0 Å². The summed E-state index contributed by atoms with van der Waals surface area (Å²) in [5, 5.41) is 6.56. The summed E-state index contributed by atoms with van der Waals surface area (Å²) in [6, 6.07) is 8.55. The van der Waals surface area contributed by atoms with Crippen molar-refractivity contribution in [3.63, 3.8) is 0 Å². The smallest absolute Gasteiger partial charge is 0.224 e. The van der Waals surface area contributed by atoms with Gasteiger partial charge in [-0.15, -0.1) is 0 Å².